The monoisotopic (exact) mass is 190 g/mol. The first-order chi connectivity index (χ1) is 6.23. The van der Waals surface area contributed by atoms with E-state index in [1.165, 1.54) is 11.1 Å². The fraction of sp³-hybridized carbons (Fsp3) is 0.571. The van der Waals surface area contributed by atoms with Crippen molar-refractivity contribution in [3.05, 3.63) is 35.4 Å². The third kappa shape index (κ3) is 2.37. The van der Waals surface area contributed by atoms with Gasteiger partial charge in [0.05, 0.1) is 0 Å². The summed E-state index contributed by atoms with van der Waals surface area (Å²) in [5.74, 6) is 0. The second-order valence-corrected chi connectivity index (χ2v) is 6.05. The Labute approximate surface area is 88.4 Å². The molecular formula is C14H22. The van der Waals surface area contributed by atoms with Crippen molar-refractivity contribution in [3.8, 4) is 0 Å². The Kier molecular flexibility index (Phi) is 2.76. The summed E-state index contributed by atoms with van der Waals surface area (Å²) >= 11 is 0. The van der Waals surface area contributed by atoms with Crippen LogP contribution in [-0.2, 0) is 10.8 Å². The van der Waals surface area contributed by atoms with Crippen LogP contribution >= 0.6 is 0 Å². The van der Waals surface area contributed by atoms with Gasteiger partial charge in [0, 0.05) is 0 Å². The summed E-state index contributed by atoms with van der Waals surface area (Å²) in [6.45, 7) is 13.7. The smallest absolute Gasteiger partial charge is 0.0129 e. The van der Waals surface area contributed by atoms with E-state index >= 15 is 0 Å². The quantitative estimate of drug-likeness (QED) is 0.572. The molecule has 78 valence electrons. The van der Waals surface area contributed by atoms with Gasteiger partial charge in [-0.05, 0) is 22.0 Å². The Morgan fingerprint density at radius 2 is 0.929 bits per heavy atom. The molecule has 0 bridgehead atoms. The average molecular weight is 190 g/mol. The molecule has 1 aromatic carbocycles. The van der Waals surface area contributed by atoms with Crippen molar-refractivity contribution in [2.45, 2.75) is 52.4 Å². The summed E-state index contributed by atoms with van der Waals surface area (Å²) in [7, 11) is 0. The molecule has 0 N–H and O–H groups in total. The predicted octanol–water partition coefficient (Wildman–Crippen LogP) is 4.28. The van der Waals surface area contributed by atoms with Crippen molar-refractivity contribution in [3.63, 3.8) is 0 Å². The summed E-state index contributed by atoms with van der Waals surface area (Å²) in [5, 5.41) is 0. The average Bonchev–Trinajstić information content (AvgIpc) is 2.01. The lowest BCUT2D eigenvalue weighted by Gasteiger charge is -2.29. The van der Waals surface area contributed by atoms with Crippen LogP contribution in [0.25, 0.3) is 0 Å². The maximum atomic E-state index is 2.28. The number of rotatable bonds is 0. The molecule has 0 nitrogen and oxygen atoms in total. The SMILES string of the molecule is CC(C)(C)c1ccccc1C(C)(C)C. The fourth-order valence-electron chi connectivity index (χ4n) is 1.79. The van der Waals surface area contributed by atoms with Crippen molar-refractivity contribution in [1.29, 1.82) is 0 Å². The summed E-state index contributed by atoms with van der Waals surface area (Å²) in [5.41, 5.74) is 3.41. The number of benzene rings is 1. The summed E-state index contributed by atoms with van der Waals surface area (Å²) < 4.78 is 0. The van der Waals surface area contributed by atoms with Crippen molar-refractivity contribution < 1.29 is 0 Å². The molecular weight excluding hydrogens is 168 g/mol. The van der Waals surface area contributed by atoms with E-state index in [4.69, 9.17) is 0 Å². The molecule has 1 aromatic rings. The first-order valence-corrected chi connectivity index (χ1v) is 5.33. The molecule has 0 heteroatoms. The highest BCUT2D eigenvalue weighted by Crippen LogP contribution is 2.33. The minimum absolute atomic E-state index is 0.240. The molecule has 0 aliphatic rings. The maximum absolute atomic E-state index is 2.28. The molecule has 0 aromatic heterocycles. The van der Waals surface area contributed by atoms with Gasteiger partial charge >= 0.3 is 0 Å². The normalized spacial score (nSPS) is 13.0. The second-order valence-electron chi connectivity index (χ2n) is 6.05. The minimum Gasteiger partial charge on any atom is -0.0620 e. The minimum atomic E-state index is 0.240. The fourth-order valence-corrected chi connectivity index (χ4v) is 1.79. The van der Waals surface area contributed by atoms with E-state index in [9.17, 15) is 0 Å². The van der Waals surface area contributed by atoms with Gasteiger partial charge in [-0.1, -0.05) is 65.8 Å². The first kappa shape index (κ1) is 11.3. The van der Waals surface area contributed by atoms with Crippen LogP contribution in [0.1, 0.15) is 52.7 Å². The van der Waals surface area contributed by atoms with Crippen LogP contribution in [0.4, 0.5) is 0 Å². The predicted molar refractivity (Wildman–Crippen MR) is 63.8 cm³/mol. The highest BCUT2D eigenvalue weighted by atomic mass is 14.3. The molecule has 0 amide bonds. The number of hydrogen-bond donors (Lipinski definition) is 0. The van der Waals surface area contributed by atoms with E-state index in [2.05, 4.69) is 65.8 Å². The van der Waals surface area contributed by atoms with Gasteiger partial charge in [0.25, 0.3) is 0 Å². The van der Waals surface area contributed by atoms with Crippen LogP contribution < -0.4 is 0 Å². The lowest BCUT2D eigenvalue weighted by atomic mass is 9.75. The van der Waals surface area contributed by atoms with Gasteiger partial charge in [0.2, 0.25) is 0 Å². The largest absolute Gasteiger partial charge is 0.0620 e. The van der Waals surface area contributed by atoms with E-state index in [0.29, 0.717) is 0 Å². The molecule has 0 aliphatic carbocycles. The summed E-state index contributed by atoms with van der Waals surface area (Å²) in [4.78, 5) is 0. The molecule has 0 radical (unpaired) electrons. The van der Waals surface area contributed by atoms with Gasteiger partial charge in [-0.25, -0.2) is 0 Å². The van der Waals surface area contributed by atoms with Gasteiger partial charge in [0.1, 0.15) is 0 Å². The Morgan fingerprint density at radius 1 is 0.643 bits per heavy atom. The van der Waals surface area contributed by atoms with Gasteiger partial charge in [0.15, 0.2) is 0 Å². The van der Waals surface area contributed by atoms with Crippen LogP contribution in [0.5, 0.6) is 0 Å². The molecule has 0 aliphatic heterocycles. The molecule has 0 heterocycles. The Balaban J connectivity index is 3.31. The van der Waals surface area contributed by atoms with Crippen LogP contribution in [0.2, 0.25) is 0 Å². The van der Waals surface area contributed by atoms with Crippen molar-refractivity contribution in [1.82, 2.24) is 0 Å². The zero-order chi connectivity index (χ0) is 11.0. The summed E-state index contributed by atoms with van der Waals surface area (Å²) in [6.07, 6.45) is 0. The van der Waals surface area contributed by atoms with Crippen molar-refractivity contribution in [2.24, 2.45) is 0 Å². The zero-order valence-electron chi connectivity index (χ0n) is 10.3. The zero-order valence-corrected chi connectivity index (χ0v) is 10.3. The standard InChI is InChI=1S/C14H22/c1-13(2,3)11-9-7-8-10-12(11)14(4,5)6/h7-10H,1-6H3. The molecule has 0 fully saturated rings. The third-order valence-corrected chi connectivity index (χ3v) is 2.54. The van der Waals surface area contributed by atoms with Gasteiger partial charge in [-0.2, -0.15) is 0 Å². The highest BCUT2D eigenvalue weighted by Gasteiger charge is 2.23. The van der Waals surface area contributed by atoms with Crippen molar-refractivity contribution in [2.75, 3.05) is 0 Å². The van der Waals surface area contributed by atoms with Gasteiger partial charge in [-0.3, -0.25) is 0 Å². The Morgan fingerprint density at radius 3 is 1.14 bits per heavy atom. The molecule has 0 atom stereocenters. The highest BCUT2D eigenvalue weighted by molar-refractivity contribution is 5.37. The van der Waals surface area contributed by atoms with E-state index in [0.717, 1.165) is 0 Å². The lowest BCUT2D eigenvalue weighted by Crippen LogP contribution is -2.21. The first-order valence-electron chi connectivity index (χ1n) is 5.33. The van der Waals surface area contributed by atoms with Crippen LogP contribution in [0.3, 0.4) is 0 Å². The van der Waals surface area contributed by atoms with Crippen molar-refractivity contribution >= 4 is 0 Å². The Bertz CT molecular complexity index is 275. The van der Waals surface area contributed by atoms with Crippen LogP contribution in [0, 0.1) is 0 Å². The van der Waals surface area contributed by atoms with E-state index in [1.54, 1.807) is 0 Å². The molecule has 0 saturated heterocycles. The molecule has 0 saturated carbocycles. The third-order valence-electron chi connectivity index (χ3n) is 2.54. The van der Waals surface area contributed by atoms with Gasteiger partial charge < -0.3 is 0 Å². The van der Waals surface area contributed by atoms with Gasteiger partial charge in [-0.15, -0.1) is 0 Å². The van der Waals surface area contributed by atoms with E-state index in [-0.39, 0.29) is 10.8 Å². The maximum Gasteiger partial charge on any atom is -0.0129 e. The van der Waals surface area contributed by atoms with E-state index in [1.807, 2.05) is 0 Å². The summed E-state index contributed by atoms with van der Waals surface area (Å²) in [6, 6.07) is 8.77. The topological polar surface area (TPSA) is 0 Å². The van der Waals surface area contributed by atoms with Crippen LogP contribution in [-0.4, -0.2) is 0 Å². The molecule has 1 rings (SSSR count). The molecule has 0 unspecified atom stereocenters. The lowest BCUT2D eigenvalue weighted by molar-refractivity contribution is 0.530. The second kappa shape index (κ2) is 3.42. The Hall–Kier alpha value is -0.780. The van der Waals surface area contributed by atoms with Crippen LogP contribution in [0.15, 0.2) is 24.3 Å². The molecule has 14 heavy (non-hydrogen) atoms. The number of hydrogen-bond acceptors (Lipinski definition) is 0. The van der Waals surface area contributed by atoms with E-state index < -0.39 is 0 Å². The molecule has 0 spiro atoms.